The van der Waals surface area contributed by atoms with Gasteiger partial charge >= 0.3 is 12.3 Å². The van der Waals surface area contributed by atoms with E-state index in [-0.39, 0.29) is 18.9 Å². The predicted octanol–water partition coefficient (Wildman–Crippen LogP) is 4.09. The van der Waals surface area contributed by atoms with Gasteiger partial charge in [-0.3, -0.25) is 5.32 Å². The van der Waals surface area contributed by atoms with E-state index in [4.69, 9.17) is 21.4 Å². The first-order chi connectivity index (χ1) is 16.1. The number of benzene rings is 1. The number of alkyl halides is 3. The lowest BCUT2D eigenvalue weighted by atomic mass is 9.79. The van der Waals surface area contributed by atoms with Crippen LogP contribution in [0.3, 0.4) is 0 Å². The van der Waals surface area contributed by atoms with Gasteiger partial charge in [0.1, 0.15) is 17.8 Å². The number of carbonyl (C=O) groups is 1. The van der Waals surface area contributed by atoms with Gasteiger partial charge in [0.25, 0.3) is 0 Å². The number of carbonyl (C=O) groups excluding carboxylic acids is 1. The third kappa shape index (κ3) is 6.13. The number of nitrogens with zero attached hydrogens (tertiary/aromatic N) is 3. The van der Waals surface area contributed by atoms with Crippen molar-refractivity contribution in [1.82, 2.24) is 20.2 Å². The Kier molecular flexibility index (Phi) is 8.29. The second-order valence-corrected chi connectivity index (χ2v) is 8.17. The number of hydrogen-bond donors (Lipinski definition) is 2. The first kappa shape index (κ1) is 25.7. The standard InChI is InChI=1S/C23H24ClF3N4O3/c1-31(11-13-32)12-14-34-21(33)29-18-5-8-22(9-6-18,23(25,26)27)20-28-10-7-19(30-20)16-3-2-4-17(24)15-16/h2-8,10,15,32H,9,11-14H2,1H3,(H,29,33). The fraction of sp³-hybridized carbons (Fsp3) is 0.348. The van der Waals surface area contributed by atoms with Gasteiger partial charge in [0, 0.05) is 35.6 Å². The number of hydrogen-bond acceptors (Lipinski definition) is 6. The Morgan fingerprint density at radius 2 is 2.12 bits per heavy atom. The van der Waals surface area contributed by atoms with Crippen molar-refractivity contribution in [2.45, 2.75) is 18.0 Å². The van der Waals surface area contributed by atoms with E-state index in [0.717, 1.165) is 6.08 Å². The summed E-state index contributed by atoms with van der Waals surface area (Å²) in [6.07, 6.45) is -1.30. The lowest BCUT2D eigenvalue weighted by Crippen LogP contribution is -2.43. The summed E-state index contributed by atoms with van der Waals surface area (Å²) in [6, 6.07) is 8.17. The molecule has 1 amide bonds. The van der Waals surface area contributed by atoms with Crippen LogP contribution >= 0.6 is 11.6 Å². The van der Waals surface area contributed by atoms with E-state index in [9.17, 15) is 18.0 Å². The summed E-state index contributed by atoms with van der Waals surface area (Å²) >= 11 is 6.00. The third-order valence-corrected chi connectivity index (χ3v) is 5.54. The summed E-state index contributed by atoms with van der Waals surface area (Å²) in [5, 5.41) is 11.7. The molecule has 0 saturated heterocycles. The minimum Gasteiger partial charge on any atom is -0.448 e. The summed E-state index contributed by atoms with van der Waals surface area (Å²) in [5.41, 5.74) is -1.39. The average molecular weight is 497 g/mol. The molecule has 182 valence electrons. The van der Waals surface area contributed by atoms with Crippen LogP contribution in [0, 0.1) is 0 Å². The highest BCUT2D eigenvalue weighted by Crippen LogP contribution is 2.46. The number of allylic oxidation sites excluding steroid dienone is 3. The molecule has 1 aromatic heterocycles. The van der Waals surface area contributed by atoms with Crippen LogP contribution in [0.25, 0.3) is 11.3 Å². The lowest BCUT2D eigenvalue weighted by Gasteiger charge is -2.33. The highest BCUT2D eigenvalue weighted by Gasteiger charge is 2.56. The quantitative estimate of drug-likeness (QED) is 0.572. The van der Waals surface area contributed by atoms with Crippen molar-refractivity contribution in [2.24, 2.45) is 0 Å². The molecule has 7 nitrogen and oxygen atoms in total. The minimum absolute atomic E-state index is 0.0208. The van der Waals surface area contributed by atoms with Crippen molar-refractivity contribution < 1.29 is 27.8 Å². The lowest BCUT2D eigenvalue weighted by molar-refractivity contribution is -0.177. The summed E-state index contributed by atoms with van der Waals surface area (Å²) in [4.78, 5) is 21.9. The van der Waals surface area contributed by atoms with Crippen LogP contribution < -0.4 is 5.32 Å². The number of rotatable bonds is 8. The van der Waals surface area contributed by atoms with Crippen molar-refractivity contribution in [3.8, 4) is 11.3 Å². The third-order valence-electron chi connectivity index (χ3n) is 5.31. The monoisotopic (exact) mass is 496 g/mol. The number of alkyl carbamates (subject to hydrolysis) is 1. The molecule has 0 fully saturated rings. The van der Waals surface area contributed by atoms with Gasteiger partial charge in [-0.15, -0.1) is 0 Å². The molecule has 1 aliphatic rings. The Bertz CT molecular complexity index is 1080. The molecule has 0 saturated carbocycles. The molecule has 34 heavy (non-hydrogen) atoms. The van der Waals surface area contributed by atoms with Gasteiger partial charge in [0.2, 0.25) is 0 Å². The predicted molar refractivity (Wildman–Crippen MR) is 121 cm³/mol. The number of halogens is 4. The highest BCUT2D eigenvalue weighted by atomic mass is 35.5. The molecular formula is C23H24ClF3N4O3. The Morgan fingerprint density at radius 1 is 1.32 bits per heavy atom. The van der Waals surface area contributed by atoms with Gasteiger partial charge in [0.05, 0.1) is 12.3 Å². The zero-order valence-corrected chi connectivity index (χ0v) is 19.1. The molecule has 0 bridgehead atoms. The van der Waals surface area contributed by atoms with Crippen molar-refractivity contribution in [1.29, 1.82) is 0 Å². The molecule has 2 N–H and O–H groups in total. The highest BCUT2D eigenvalue weighted by molar-refractivity contribution is 6.30. The van der Waals surface area contributed by atoms with Crippen molar-refractivity contribution in [3.05, 3.63) is 71.3 Å². The van der Waals surface area contributed by atoms with Gasteiger partial charge in [0.15, 0.2) is 0 Å². The van der Waals surface area contributed by atoms with E-state index >= 15 is 0 Å². The van der Waals surface area contributed by atoms with E-state index in [1.54, 1.807) is 36.2 Å². The van der Waals surface area contributed by atoms with Gasteiger partial charge in [-0.2, -0.15) is 13.2 Å². The van der Waals surface area contributed by atoms with Gasteiger partial charge in [-0.05, 0) is 37.7 Å². The number of aliphatic hydroxyl groups excluding tert-OH is 1. The van der Waals surface area contributed by atoms with Crippen molar-refractivity contribution >= 4 is 17.7 Å². The largest absolute Gasteiger partial charge is 0.448 e. The smallest absolute Gasteiger partial charge is 0.411 e. The van der Waals surface area contributed by atoms with Crippen LogP contribution in [0.15, 0.2) is 60.5 Å². The minimum atomic E-state index is -4.68. The Balaban J connectivity index is 1.74. The fourth-order valence-corrected chi connectivity index (χ4v) is 3.54. The number of ether oxygens (including phenoxy) is 1. The number of nitrogens with one attached hydrogen (secondary N) is 1. The van der Waals surface area contributed by atoms with Crippen LogP contribution in [0.2, 0.25) is 5.02 Å². The first-order valence-corrected chi connectivity index (χ1v) is 10.8. The van der Waals surface area contributed by atoms with E-state index in [0.29, 0.717) is 29.4 Å². The summed E-state index contributed by atoms with van der Waals surface area (Å²) in [7, 11) is 1.75. The molecule has 0 radical (unpaired) electrons. The van der Waals surface area contributed by atoms with Gasteiger partial charge in [-0.25, -0.2) is 14.8 Å². The zero-order chi connectivity index (χ0) is 24.8. The Labute approximate surface area is 199 Å². The second kappa shape index (κ2) is 11.0. The van der Waals surface area contributed by atoms with Gasteiger partial charge < -0.3 is 14.7 Å². The van der Waals surface area contributed by atoms with Crippen LogP contribution in [0.5, 0.6) is 0 Å². The first-order valence-electron chi connectivity index (χ1n) is 10.4. The maximum absolute atomic E-state index is 14.3. The second-order valence-electron chi connectivity index (χ2n) is 7.73. The van der Waals surface area contributed by atoms with Crippen molar-refractivity contribution in [2.75, 3.05) is 33.4 Å². The normalized spacial score (nSPS) is 18.0. The topological polar surface area (TPSA) is 87.6 Å². The van der Waals surface area contributed by atoms with Crippen LogP contribution in [0.4, 0.5) is 18.0 Å². The molecule has 0 aliphatic heterocycles. The van der Waals surface area contributed by atoms with E-state index < -0.39 is 29.9 Å². The molecule has 0 spiro atoms. The maximum atomic E-state index is 14.3. The fourth-order valence-electron chi connectivity index (χ4n) is 3.35. The van der Waals surface area contributed by atoms with E-state index in [1.165, 1.54) is 24.4 Å². The molecule has 1 aliphatic carbocycles. The van der Waals surface area contributed by atoms with Crippen LogP contribution in [0.1, 0.15) is 12.2 Å². The molecule has 1 aromatic carbocycles. The molecule has 3 rings (SSSR count). The Morgan fingerprint density at radius 3 is 2.76 bits per heavy atom. The molecule has 1 atom stereocenters. The molecule has 11 heteroatoms. The van der Waals surface area contributed by atoms with Crippen molar-refractivity contribution in [3.63, 3.8) is 0 Å². The van der Waals surface area contributed by atoms with E-state index in [2.05, 4.69) is 15.3 Å². The number of amides is 1. The van der Waals surface area contributed by atoms with Crippen LogP contribution in [-0.2, 0) is 10.2 Å². The van der Waals surface area contributed by atoms with E-state index in [1.807, 2.05) is 0 Å². The number of aliphatic hydroxyl groups is 1. The van der Waals surface area contributed by atoms with Gasteiger partial charge in [-0.1, -0.05) is 35.9 Å². The summed E-state index contributed by atoms with van der Waals surface area (Å²) in [6.45, 7) is 0.877. The zero-order valence-electron chi connectivity index (χ0n) is 18.3. The molecule has 2 aromatic rings. The molecule has 1 unspecified atom stereocenters. The summed E-state index contributed by atoms with van der Waals surface area (Å²) in [5.74, 6) is -0.404. The van der Waals surface area contributed by atoms with Crippen LogP contribution in [-0.4, -0.2) is 65.6 Å². The molecular weight excluding hydrogens is 473 g/mol. The maximum Gasteiger partial charge on any atom is 0.411 e. The summed E-state index contributed by atoms with van der Waals surface area (Å²) < 4.78 is 47.8. The number of likely N-dealkylation sites (N-methyl/N-ethyl adjacent to an activating group) is 1. The average Bonchev–Trinajstić information content (AvgIpc) is 2.79. The Hall–Kier alpha value is -2.95. The SMILES string of the molecule is CN(CCO)CCOC(=O)NC1=CCC(c2nccc(-c3cccc(Cl)c3)n2)(C(F)(F)F)C=C1. The number of aromatic nitrogens is 2. The molecule has 1 heterocycles.